The van der Waals surface area contributed by atoms with Crippen molar-refractivity contribution in [3.63, 3.8) is 0 Å². The zero-order valence-corrected chi connectivity index (χ0v) is 7.77. The molecule has 1 aliphatic heterocycles. The normalized spacial score (nSPS) is 27.1. The molecule has 3 unspecified atom stereocenters. The van der Waals surface area contributed by atoms with Gasteiger partial charge in [-0.25, -0.2) is 0 Å². The number of rotatable bonds is 4. The number of aliphatic hydroxyl groups is 1. The fraction of sp³-hybridized carbons (Fsp3) is 0.889. The number of ether oxygens (including phenoxy) is 1. The fourth-order valence-electron chi connectivity index (χ4n) is 1.52. The summed E-state index contributed by atoms with van der Waals surface area (Å²) in [6.45, 7) is 2.28. The minimum Gasteiger partial charge on any atom is -0.481 e. The van der Waals surface area contributed by atoms with Gasteiger partial charge in [-0.15, -0.1) is 0 Å². The quantitative estimate of drug-likeness (QED) is 0.679. The van der Waals surface area contributed by atoms with Gasteiger partial charge in [-0.05, 0) is 19.3 Å². The van der Waals surface area contributed by atoms with E-state index >= 15 is 0 Å². The first-order chi connectivity index (χ1) is 6.11. The molecule has 0 radical (unpaired) electrons. The number of aliphatic hydroxyl groups excluding tert-OH is 1. The second-order valence-corrected chi connectivity index (χ2v) is 3.59. The molecular formula is C9H16O4. The number of carboxylic acids is 1. The summed E-state index contributed by atoms with van der Waals surface area (Å²) >= 11 is 0. The second-order valence-electron chi connectivity index (χ2n) is 3.59. The van der Waals surface area contributed by atoms with E-state index in [4.69, 9.17) is 9.84 Å². The van der Waals surface area contributed by atoms with E-state index in [0.717, 1.165) is 12.8 Å². The zero-order chi connectivity index (χ0) is 9.84. The SMILES string of the molecule is CC(CC(O)C1CCCO1)C(=O)O. The number of hydrogen-bond donors (Lipinski definition) is 2. The molecule has 1 heterocycles. The van der Waals surface area contributed by atoms with Crippen molar-refractivity contribution in [1.82, 2.24) is 0 Å². The fourth-order valence-corrected chi connectivity index (χ4v) is 1.52. The smallest absolute Gasteiger partial charge is 0.306 e. The van der Waals surface area contributed by atoms with E-state index in [2.05, 4.69) is 0 Å². The lowest BCUT2D eigenvalue weighted by atomic mass is 9.99. The van der Waals surface area contributed by atoms with Gasteiger partial charge in [0.05, 0.1) is 18.1 Å². The molecule has 2 N–H and O–H groups in total. The van der Waals surface area contributed by atoms with Gasteiger partial charge < -0.3 is 14.9 Å². The molecule has 1 saturated heterocycles. The summed E-state index contributed by atoms with van der Waals surface area (Å²) in [5.41, 5.74) is 0. The van der Waals surface area contributed by atoms with Gasteiger partial charge in [0.2, 0.25) is 0 Å². The highest BCUT2D eigenvalue weighted by Crippen LogP contribution is 2.20. The molecular weight excluding hydrogens is 172 g/mol. The molecule has 13 heavy (non-hydrogen) atoms. The molecule has 0 aromatic rings. The van der Waals surface area contributed by atoms with Crippen molar-refractivity contribution in [2.75, 3.05) is 6.61 Å². The summed E-state index contributed by atoms with van der Waals surface area (Å²) in [4.78, 5) is 10.5. The first kappa shape index (κ1) is 10.5. The Kier molecular flexibility index (Phi) is 3.69. The van der Waals surface area contributed by atoms with Gasteiger partial charge in [-0.3, -0.25) is 4.79 Å². The van der Waals surface area contributed by atoms with Crippen LogP contribution in [0.1, 0.15) is 26.2 Å². The van der Waals surface area contributed by atoms with Crippen LogP contribution in [0.25, 0.3) is 0 Å². The second kappa shape index (κ2) is 4.58. The first-order valence-corrected chi connectivity index (χ1v) is 4.63. The average molecular weight is 188 g/mol. The minimum absolute atomic E-state index is 0.151. The van der Waals surface area contributed by atoms with Crippen molar-refractivity contribution in [3.8, 4) is 0 Å². The van der Waals surface area contributed by atoms with Crippen LogP contribution < -0.4 is 0 Å². The molecule has 1 rings (SSSR count). The van der Waals surface area contributed by atoms with Crippen LogP contribution in [0.3, 0.4) is 0 Å². The summed E-state index contributed by atoms with van der Waals surface area (Å²) in [6, 6.07) is 0. The van der Waals surface area contributed by atoms with Crippen molar-refractivity contribution >= 4 is 5.97 Å². The highest BCUT2D eigenvalue weighted by atomic mass is 16.5. The molecule has 0 aromatic heterocycles. The lowest BCUT2D eigenvalue weighted by Crippen LogP contribution is -2.29. The first-order valence-electron chi connectivity index (χ1n) is 4.63. The van der Waals surface area contributed by atoms with Crippen LogP contribution >= 0.6 is 0 Å². The third-order valence-corrected chi connectivity index (χ3v) is 2.41. The maximum absolute atomic E-state index is 10.5. The summed E-state index contributed by atoms with van der Waals surface area (Å²) in [6.07, 6.45) is 1.30. The van der Waals surface area contributed by atoms with Crippen LogP contribution in [0.5, 0.6) is 0 Å². The standard InChI is InChI=1S/C9H16O4/c1-6(9(11)12)5-7(10)8-3-2-4-13-8/h6-8,10H,2-5H2,1H3,(H,11,12). The predicted molar refractivity (Wildman–Crippen MR) is 46.4 cm³/mol. The van der Waals surface area contributed by atoms with E-state index in [1.165, 1.54) is 0 Å². The molecule has 0 amide bonds. The molecule has 0 saturated carbocycles. The van der Waals surface area contributed by atoms with Crippen molar-refractivity contribution < 1.29 is 19.7 Å². The number of carboxylic acid groups (broad SMARTS) is 1. The third-order valence-electron chi connectivity index (χ3n) is 2.41. The Morgan fingerprint density at radius 1 is 1.69 bits per heavy atom. The summed E-state index contributed by atoms with van der Waals surface area (Å²) < 4.78 is 5.25. The van der Waals surface area contributed by atoms with Gasteiger partial charge in [0, 0.05) is 6.61 Å². The largest absolute Gasteiger partial charge is 0.481 e. The van der Waals surface area contributed by atoms with Gasteiger partial charge in [0.25, 0.3) is 0 Å². The van der Waals surface area contributed by atoms with Gasteiger partial charge >= 0.3 is 5.97 Å². The molecule has 1 aliphatic rings. The lowest BCUT2D eigenvalue weighted by molar-refractivity contribution is -0.142. The summed E-state index contributed by atoms with van der Waals surface area (Å²) in [5.74, 6) is -1.36. The third kappa shape index (κ3) is 2.97. The molecule has 1 fully saturated rings. The van der Waals surface area contributed by atoms with Crippen LogP contribution in [0.2, 0.25) is 0 Å². The minimum atomic E-state index is -0.864. The van der Waals surface area contributed by atoms with E-state index in [-0.39, 0.29) is 12.5 Å². The monoisotopic (exact) mass is 188 g/mol. The highest BCUT2D eigenvalue weighted by Gasteiger charge is 2.27. The van der Waals surface area contributed by atoms with Crippen molar-refractivity contribution in [1.29, 1.82) is 0 Å². The van der Waals surface area contributed by atoms with Gasteiger partial charge in [-0.2, -0.15) is 0 Å². The molecule has 3 atom stereocenters. The Hall–Kier alpha value is -0.610. The maximum atomic E-state index is 10.5. The molecule has 0 aromatic carbocycles. The Labute approximate surface area is 77.5 Å². The van der Waals surface area contributed by atoms with Crippen LogP contribution in [0.15, 0.2) is 0 Å². The van der Waals surface area contributed by atoms with Crippen LogP contribution in [-0.4, -0.2) is 35.0 Å². The number of carbonyl (C=O) groups is 1. The Balaban J connectivity index is 2.30. The average Bonchev–Trinajstić information content (AvgIpc) is 2.55. The molecule has 76 valence electrons. The number of hydrogen-bond acceptors (Lipinski definition) is 3. The van der Waals surface area contributed by atoms with Gasteiger partial charge in [-0.1, -0.05) is 6.92 Å². The Morgan fingerprint density at radius 3 is 2.85 bits per heavy atom. The van der Waals surface area contributed by atoms with E-state index in [9.17, 15) is 9.90 Å². The number of aliphatic carboxylic acids is 1. The Morgan fingerprint density at radius 2 is 2.38 bits per heavy atom. The lowest BCUT2D eigenvalue weighted by Gasteiger charge is -2.18. The zero-order valence-electron chi connectivity index (χ0n) is 7.77. The van der Waals surface area contributed by atoms with Gasteiger partial charge in [0.15, 0.2) is 0 Å². The molecule has 0 bridgehead atoms. The summed E-state index contributed by atoms with van der Waals surface area (Å²) in [5, 5.41) is 18.2. The van der Waals surface area contributed by atoms with Crippen LogP contribution in [-0.2, 0) is 9.53 Å². The molecule has 4 nitrogen and oxygen atoms in total. The topological polar surface area (TPSA) is 66.8 Å². The Bertz CT molecular complexity index is 174. The highest BCUT2D eigenvalue weighted by molar-refractivity contribution is 5.69. The van der Waals surface area contributed by atoms with E-state index in [1.54, 1.807) is 6.92 Å². The molecule has 0 spiro atoms. The maximum Gasteiger partial charge on any atom is 0.306 e. The van der Waals surface area contributed by atoms with E-state index in [0.29, 0.717) is 6.61 Å². The van der Waals surface area contributed by atoms with Gasteiger partial charge in [0.1, 0.15) is 0 Å². The summed E-state index contributed by atoms with van der Waals surface area (Å²) in [7, 11) is 0. The van der Waals surface area contributed by atoms with Crippen molar-refractivity contribution in [3.05, 3.63) is 0 Å². The van der Waals surface area contributed by atoms with Crippen molar-refractivity contribution in [2.24, 2.45) is 5.92 Å². The van der Waals surface area contributed by atoms with E-state index in [1.807, 2.05) is 0 Å². The van der Waals surface area contributed by atoms with Crippen LogP contribution in [0.4, 0.5) is 0 Å². The van der Waals surface area contributed by atoms with E-state index < -0.39 is 18.0 Å². The predicted octanol–water partition coefficient (Wildman–Crippen LogP) is 0.637. The van der Waals surface area contributed by atoms with Crippen LogP contribution in [0, 0.1) is 5.92 Å². The molecule has 4 heteroatoms. The molecule has 0 aliphatic carbocycles. The van der Waals surface area contributed by atoms with Crippen molar-refractivity contribution in [2.45, 2.75) is 38.4 Å².